The first-order chi connectivity index (χ1) is 14.5. The Morgan fingerprint density at radius 1 is 1.20 bits per heavy atom. The molecule has 2 aromatic heterocycles. The lowest BCUT2D eigenvalue weighted by atomic mass is 10.1. The largest absolute Gasteiger partial charge is 0.441 e. The standard InChI is InChI=1S/C24H31Cl2N3O/c1-4-6-7-22-23(19-11-10-18(25)13-21(19)26)29-24(30-22)20(16(3)27-29)15-28(12-5-2)14-17-8-9-17/h10-11,13,17H,4-9,12,14-15H2,1-3H3. The summed E-state index contributed by atoms with van der Waals surface area (Å²) in [6.07, 6.45) is 6.92. The van der Waals surface area contributed by atoms with Crippen LogP contribution < -0.4 is 0 Å². The lowest BCUT2D eigenvalue weighted by molar-refractivity contribution is 0.254. The minimum absolute atomic E-state index is 0.624. The number of fused-ring (bicyclic) bond motifs is 1. The van der Waals surface area contributed by atoms with Crippen molar-refractivity contribution in [3.8, 4) is 11.3 Å². The fourth-order valence-corrected chi connectivity index (χ4v) is 4.65. The second-order valence-electron chi connectivity index (χ2n) is 8.56. The van der Waals surface area contributed by atoms with Crippen molar-refractivity contribution >= 4 is 28.9 Å². The molecule has 3 aromatic rings. The molecule has 0 unspecified atom stereocenters. The van der Waals surface area contributed by atoms with E-state index in [1.54, 1.807) is 6.07 Å². The molecule has 0 atom stereocenters. The number of benzene rings is 1. The average Bonchev–Trinajstić information content (AvgIpc) is 3.39. The van der Waals surface area contributed by atoms with E-state index < -0.39 is 0 Å². The lowest BCUT2D eigenvalue weighted by Crippen LogP contribution is -2.26. The maximum absolute atomic E-state index is 6.59. The highest BCUT2D eigenvalue weighted by atomic mass is 35.5. The molecule has 6 heteroatoms. The summed E-state index contributed by atoms with van der Waals surface area (Å²) in [4.78, 5) is 2.56. The first kappa shape index (κ1) is 21.7. The van der Waals surface area contributed by atoms with Crippen LogP contribution in [0.1, 0.15) is 63.0 Å². The summed E-state index contributed by atoms with van der Waals surface area (Å²) in [5.74, 6) is 1.82. The van der Waals surface area contributed by atoms with Crippen LogP contribution >= 0.6 is 23.2 Å². The van der Waals surface area contributed by atoms with Gasteiger partial charge in [-0.15, -0.1) is 0 Å². The van der Waals surface area contributed by atoms with Crippen LogP contribution in [0.2, 0.25) is 10.0 Å². The number of hydrogen-bond donors (Lipinski definition) is 0. The lowest BCUT2D eigenvalue weighted by Gasteiger charge is -2.20. The zero-order chi connectivity index (χ0) is 21.3. The minimum atomic E-state index is 0.624. The molecule has 0 aliphatic heterocycles. The van der Waals surface area contributed by atoms with Gasteiger partial charge in [-0.3, -0.25) is 4.90 Å². The zero-order valence-corrected chi connectivity index (χ0v) is 19.7. The monoisotopic (exact) mass is 447 g/mol. The molecule has 0 saturated heterocycles. The minimum Gasteiger partial charge on any atom is -0.441 e. The number of rotatable bonds is 10. The van der Waals surface area contributed by atoms with Gasteiger partial charge in [0.15, 0.2) is 0 Å². The number of aryl methyl sites for hydroxylation is 2. The molecule has 0 radical (unpaired) electrons. The molecule has 0 N–H and O–H groups in total. The molecule has 2 heterocycles. The Balaban J connectivity index is 1.77. The summed E-state index contributed by atoms with van der Waals surface area (Å²) >= 11 is 12.7. The molecule has 30 heavy (non-hydrogen) atoms. The van der Waals surface area contributed by atoms with Gasteiger partial charge in [0.2, 0.25) is 5.71 Å². The van der Waals surface area contributed by atoms with E-state index in [4.69, 9.17) is 32.7 Å². The third-order valence-corrected chi connectivity index (χ3v) is 6.46. The SMILES string of the molecule is CCCCc1oc2c(CN(CCC)CC3CC3)c(C)nn2c1-c1ccc(Cl)cc1Cl. The van der Waals surface area contributed by atoms with Crippen LogP contribution in [0, 0.1) is 12.8 Å². The second kappa shape index (κ2) is 9.33. The summed E-state index contributed by atoms with van der Waals surface area (Å²) in [5, 5.41) is 6.15. The summed E-state index contributed by atoms with van der Waals surface area (Å²) in [6.45, 7) is 9.68. The van der Waals surface area contributed by atoms with Gasteiger partial charge in [0, 0.05) is 30.1 Å². The van der Waals surface area contributed by atoms with E-state index in [0.29, 0.717) is 10.0 Å². The molecule has 1 saturated carbocycles. The number of oxazole rings is 1. The van der Waals surface area contributed by atoms with E-state index in [1.165, 1.54) is 24.9 Å². The van der Waals surface area contributed by atoms with Crippen LogP contribution in [-0.2, 0) is 13.0 Å². The third-order valence-electron chi connectivity index (χ3n) is 5.91. The number of aromatic nitrogens is 2. The topological polar surface area (TPSA) is 33.7 Å². The van der Waals surface area contributed by atoms with Crippen molar-refractivity contribution in [1.82, 2.24) is 14.5 Å². The molecule has 1 aliphatic rings. The van der Waals surface area contributed by atoms with Crippen LogP contribution in [0.4, 0.5) is 0 Å². The Bertz CT molecular complexity index is 1020. The predicted octanol–water partition coefficient (Wildman–Crippen LogP) is 7.17. The zero-order valence-electron chi connectivity index (χ0n) is 18.2. The molecular formula is C24H31Cl2N3O. The van der Waals surface area contributed by atoms with E-state index >= 15 is 0 Å². The van der Waals surface area contributed by atoms with Crippen molar-refractivity contribution in [2.24, 2.45) is 5.92 Å². The van der Waals surface area contributed by atoms with Crippen LogP contribution in [0.5, 0.6) is 0 Å². The van der Waals surface area contributed by atoms with Gasteiger partial charge in [0.1, 0.15) is 11.5 Å². The molecule has 1 aliphatic carbocycles. The summed E-state index contributed by atoms with van der Waals surface area (Å²) < 4.78 is 8.44. The average molecular weight is 448 g/mol. The molecule has 1 fully saturated rings. The molecule has 4 nitrogen and oxygen atoms in total. The first-order valence-corrected chi connectivity index (χ1v) is 11.9. The fourth-order valence-electron chi connectivity index (χ4n) is 4.15. The Hall–Kier alpha value is -1.49. The van der Waals surface area contributed by atoms with E-state index in [-0.39, 0.29) is 0 Å². The number of hydrogen-bond acceptors (Lipinski definition) is 3. The normalized spacial score (nSPS) is 14.3. The van der Waals surface area contributed by atoms with E-state index in [2.05, 4.69) is 25.7 Å². The molecule has 162 valence electrons. The van der Waals surface area contributed by atoms with Crippen molar-refractivity contribution in [2.75, 3.05) is 13.1 Å². The van der Waals surface area contributed by atoms with Crippen LogP contribution in [-0.4, -0.2) is 27.6 Å². The fraction of sp³-hybridized carbons (Fsp3) is 0.542. The van der Waals surface area contributed by atoms with Gasteiger partial charge in [0.05, 0.1) is 16.3 Å². The second-order valence-corrected chi connectivity index (χ2v) is 9.40. The van der Waals surface area contributed by atoms with Gasteiger partial charge in [-0.1, -0.05) is 43.5 Å². The van der Waals surface area contributed by atoms with E-state index in [1.807, 2.05) is 16.6 Å². The van der Waals surface area contributed by atoms with Crippen molar-refractivity contribution < 1.29 is 4.42 Å². The molecule has 1 aromatic carbocycles. The number of halogens is 2. The number of unbranched alkanes of at least 4 members (excludes halogenated alkanes) is 1. The van der Waals surface area contributed by atoms with Crippen molar-refractivity contribution in [3.63, 3.8) is 0 Å². The predicted molar refractivity (Wildman–Crippen MR) is 125 cm³/mol. The molecule has 0 amide bonds. The molecule has 0 spiro atoms. The first-order valence-electron chi connectivity index (χ1n) is 11.2. The summed E-state index contributed by atoms with van der Waals surface area (Å²) in [5.41, 5.74) is 4.95. The van der Waals surface area contributed by atoms with Crippen molar-refractivity contribution in [2.45, 2.75) is 65.8 Å². The van der Waals surface area contributed by atoms with Crippen molar-refractivity contribution in [1.29, 1.82) is 0 Å². The summed E-state index contributed by atoms with van der Waals surface area (Å²) in [6, 6.07) is 5.63. The van der Waals surface area contributed by atoms with Gasteiger partial charge in [-0.25, -0.2) is 0 Å². The molecule has 4 rings (SSSR count). The van der Waals surface area contributed by atoms with Gasteiger partial charge < -0.3 is 4.42 Å². The Morgan fingerprint density at radius 3 is 2.67 bits per heavy atom. The van der Waals surface area contributed by atoms with Gasteiger partial charge >= 0.3 is 0 Å². The Labute approximate surface area is 189 Å². The smallest absolute Gasteiger partial charge is 0.227 e. The number of nitrogens with zero attached hydrogens (tertiary/aromatic N) is 3. The van der Waals surface area contributed by atoms with Crippen LogP contribution in [0.25, 0.3) is 17.0 Å². The maximum atomic E-state index is 6.59. The Kier molecular flexibility index (Phi) is 6.76. The highest BCUT2D eigenvalue weighted by molar-refractivity contribution is 6.36. The quantitative estimate of drug-likeness (QED) is 0.330. The van der Waals surface area contributed by atoms with Crippen LogP contribution in [0.15, 0.2) is 22.6 Å². The van der Waals surface area contributed by atoms with Crippen LogP contribution in [0.3, 0.4) is 0 Å². The Morgan fingerprint density at radius 2 is 2.00 bits per heavy atom. The van der Waals surface area contributed by atoms with Gasteiger partial charge in [-0.2, -0.15) is 9.61 Å². The molecular weight excluding hydrogens is 417 g/mol. The highest BCUT2D eigenvalue weighted by Crippen LogP contribution is 2.37. The highest BCUT2D eigenvalue weighted by Gasteiger charge is 2.27. The van der Waals surface area contributed by atoms with Gasteiger partial charge in [-0.05, 0) is 63.3 Å². The van der Waals surface area contributed by atoms with Crippen molar-refractivity contribution in [3.05, 3.63) is 45.3 Å². The van der Waals surface area contributed by atoms with E-state index in [0.717, 1.165) is 73.1 Å². The van der Waals surface area contributed by atoms with Gasteiger partial charge in [0.25, 0.3) is 0 Å². The third kappa shape index (κ3) is 4.56. The molecule has 0 bridgehead atoms. The van der Waals surface area contributed by atoms with E-state index in [9.17, 15) is 0 Å². The summed E-state index contributed by atoms with van der Waals surface area (Å²) in [7, 11) is 0. The maximum Gasteiger partial charge on any atom is 0.227 e.